The number of benzene rings is 1. The molecule has 0 spiro atoms. The number of hydrogen-bond donors (Lipinski definition) is 2. The molecule has 24 heavy (non-hydrogen) atoms. The van der Waals surface area contributed by atoms with Crippen LogP contribution in [-0.4, -0.2) is 42.3 Å². The Hall–Kier alpha value is -1.33. The van der Waals surface area contributed by atoms with E-state index in [1.54, 1.807) is 0 Å². The fraction of sp³-hybridized carbons (Fsp3) is 0.632. The van der Waals surface area contributed by atoms with E-state index >= 15 is 0 Å². The van der Waals surface area contributed by atoms with E-state index in [-0.39, 0.29) is 0 Å². The number of thiocarbonyl (C=S) groups is 1. The molecular formula is C19H31N3OS. The Balaban J connectivity index is 1.64. The lowest BCUT2D eigenvalue weighted by Crippen LogP contribution is -2.40. The van der Waals surface area contributed by atoms with Crippen LogP contribution in [0.5, 0.6) is 5.75 Å². The van der Waals surface area contributed by atoms with Crippen LogP contribution in [0.4, 0.5) is 5.69 Å². The molecule has 4 nitrogen and oxygen atoms in total. The molecule has 0 amide bonds. The fourth-order valence-electron chi connectivity index (χ4n) is 3.28. The smallest absolute Gasteiger partial charge is 0.170 e. The normalized spacial score (nSPS) is 18.2. The first kappa shape index (κ1) is 19.0. The Labute approximate surface area is 152 Å². The minimum atomic E-state index is 0.683. The first-order valence-corrected chi connectivity index (χ1v) is 9.65. The van der Waals surface area contributed by atoms with Gasteiger partial charge < -0.3 is 20.3 Å². The standard InChI is InChI=1S/C19H31N3OS/c1-3-17-8-5-6-14-22(17)15-7-13-20-19(24)21-16-9-11-18(12-10-16)23-4-2/h9-12,17H,3-8,13-15H2,1-2H3,(H2,20,21,24)/t17-/m0/s1. The lowest BCUT2D eigenvalue weighted by molar-refractivity contribution is 0.143. The Morgan fingerprint density at radius 2 is 2.04 bits per heavy atom. The monoisotopic (exact) mass is 349 g/mol. The van der Waals surface area contributed by atoms with Crippen LogP contribution < -0.4 is 15.4 Å². The highest BCUT2D eigenvalue weighted by atomic mass is 32.1. The minimum absolute atomic E-state index is 0.683. The Bertz CT molecular complexity index is 492. The lowest BCUT2D eigenvalue weighted by Gasteiger charge is -2.35. The molecule has 1 atom stereocenters. The Kier molecular flexibility index (Phi) is 8.33. The summed E-state index contributed by atoms with van der Waals surface area (Å²) in [6, 6.07) is 8.66. The first-order valence-electron chi connectivity index (χ1n) is 9.24. The molecule has 0 saturated carbocycles. The van der Waals surface area contributed by atoms with E-state index in [4.69, 9.17) is 17.0 Å². The maximum Gasteiger partial charge on any atom is 0.170 e. The Morgan fingerprint density at radius 1 is 1.25 bits per heavy atom. The quantitative estimate of drug-likeness (QED) is 0.547. The van der Waals surface area contributed by atoms with Gasteiger partial charge in [-0.1, -0.05) is 13.3 Å². The average Bonchev–Trinajstić information content (AvgIpc) is 2.61. The van der Waals surface area contributed by atoms with Gasteiger partial charge in [-0.15, -0.1) is 0 Å². The summed E-state index contributed by atoms with van der Waals surface area (Å²) >= 11 is 5.37. The molecule has 0 bridgehead atoms. The van der Waals surface area contributed by atoms with Gasteiger partial charge in [0, 0.05) is 24.8 Å². The van der Waals surface area contributed by atoms with E-state index in [0.717, 1.165) is 37.0 Å². The number of anilines is 1. The molecule has 0 radical (unpaired) electrons. The summed E-state index contributed by atoms with van der Waals surface area (Å²) in [4.78, 5) is 2.65. The van der Waals surface area contributed by atoms with Crippen LogP contribution in [0.3, 0.4) is 0 Å². The third-order valence-corrected chi connectivity index (χ3v) is 4.80. The van der Waals surface area contributed by atoms with Gasteiger partial charge in [-0.3, -0.25) is 0 Å². The summed E-state index contributed by atoms with van der Waals surface area (Å²) in [5, 5.41) is 7.21. The Morgan fingerprint density at radius 3 is 2.75 bits per heavy atom. The molecule has 0 unspecified atom stereocenters. The number of piperidine rings is 1. The summed E-state index contributed by atoms with van der Waals surface area (Å²) in [6.07, 6.45) is 6.50. The van der Waals surface area contributed by atoms with Crippen molar-refractivity contribution in [2.45, 2.75) is 52.0 Å². The summed E-state index contributed by atoms with van der Waals surface area (Å²) in [6.45, 7) is 8.30. The summed E-state index contributed by atoms with van der Waals surface area (Å²) < 4.78 is 5.44. The summed E-state index contributed by atoms with van der Waals surface area (Å²) in [5.74, 6) is 0.883. The number of nitrogens with one attached hydrogen (secondary N) is 2. The van der Waals surface area contributed by atoms with Crippen LogP contribution in [-0.2, 0) is 0 Å². The van der Waals surface area contributed by atoms with Gasteiger partial charge in [-0.05, 0) is 75.6 Å². The molecule has 1 aliphatic heterocycles. The molecular weight excluding hydrogens is 318 g/mol. The van der Waals surface area contributed by atoms with Gasteiger partial charge in [0.15, 0.2) is 5.11 Å². The zero-order chi connectivity index (χ0) is 17.2. The second-order valence-electron chi connectivity index (χ2n) is 6.29. The van der Waals surface area contributed by atoms with Crippen LogP contribution >= 0.6 is 12.2 Å². The van der Waals surface area contributed by atoms with Crippen molar-refractivity contribution in [3.63, 3.8) is 0 Å². The third-order valence-electron chi connectivity index (χ3n) is 4.55. The molecule has 1 heterocycles. The highest BCUT2D eigenvalue weighted by molar-refractivity contribution is 7.80. The largest absolute Gasteiger partial charge is 0.494 e. The molecule has 0 aliphatic carbocycles. The second kappa shape index (κ2) is 10.5. The van der Waals surface area contributed by atoms with Gasteiger partial charge in [0.1, 0.15) is 5.75 Å². The van der Waals surface area contributed by atoms with Crippen molar-refractivity contribution in [3.05, 3.63) is 24.3 Å². The number of nitrogens with zero attached hydrogens (tertiary/aromatic N) is 1. The maximum atomic E-state index is 5.44. The highest BCUT2D eigenvalue weighted by Crippen LogP contribution is 2.19. The number of hydrogen-bond acceptors (Lipinski definition) is 3. The minimum Gasteiger partial charge on any atom is -0.494 e. The van der Waals surface area contributed by atoms with Crippen molar-refractivity contribution in [2.75, 3.05) is 31.6 Å². The highest BCUT2D eigenvalue weighted by Gasteiger charge is 2.19. The van der Waals surface area contributed by atoms with Crippen LogP contribution in [0.2, 0.25) is 0 Å². The molecule has 1 fully saturated rings. The third kappa shape index (κ3) is 6.29. The molecule has 1 aromatic rings. The van der Waals surface area contributed by atoms with Gasteiger partial charge in [0.25, 0.3) is 0 Å². The van der Waals surface area contributed by atoms with Crippen molar-refractivity contribution in [1.82, 2.24) is 10.2 Å². The van der Waals surface area contributed by atoms with Crippen LogP contribution in [0, 0.1) is 0 Å². The van der Waals surface area contributed by atoms with E-state index < -0.39 is 0 Å². The molecule has 2 N–H and O–H groups in total. The van der Waals surface area contributed by atoms with E-state index in [9.17, 15) is 0 Å². The maximum absolute atomic E-state index is 5.44. The SMILES string of the molecule is CCOc1ccc(NC(=S)NCCCN2CCCC[C@@H]2CC)cc1. The van der Waals surface area contributed by atoms with E-state index in [0.29, 0.717) is 11.7 Å². The van der Waals surface area contributed by atoms with Gasteiger partial charge in [-0.2, -0.15) is 0 Å². The van der Waals surface area contributed by atoms with Crippen LogP contribution in [0.1, 0.15) is 46.0 Å². The molecule has 0 aromatic heterocycles. The molecule has 134 valence electrons. The van der Waals surface area contributed by atoms with Gasteiger partial charge in [0.2, 0.25) is 0 Å². The van der Waals surface area contributed by atoms with E-state index in [2.05, 4.69) is 22.5 Å². The summed E-state index contributed by atoms with van der Waals surface area (Å²) in [5.41, 5.74) is 0.984. The molecule has 1 saturated heterocycles. The van der Waals surface area contributed by atoms with E-state index in [1.165, 1.54) is 32.2 Å². The number of rotatable bonds is 8. The molecule has 5 heteroatoms. The van der Waals surface area contributed by atoms with Crippen LogP contribution in [0.15, 0.2) is 24.3 Å². The zero-order valence-corrected chi connectivity index (χ0v) is 15.8. The van der Waals surface area contributed by atoms with Crippen molar-refractivity contribution in [3.8, 4) is 5.75 Å². The van der Waals surface area contributed by atoms with Crippen molar-refractivity contribution in [1.29, 1.82) is 0 Å². The van der Waals surface area contributed by atoms with Gasteiger partial charge in [0.05, 0.1) is 6.61 Å². The molecule has 1 aromatic carbocycles. The zero-order valence-electron chi connectivity index (χ0n) is 15.0. The fourth-order valence-corrected chi connectivity index (χ4v) is 3.50. The van der Waals surface area contributed by atoms with Gasteiger partial charge >= 0.3 is 0 Å². The number of likely N-dealkylation sites (tertiary alicyclic amines) is 1. The second-order valence-corrected chi connectivity index (χ2v) is 6.69. The summed E-state index contributed by atoms with van der Waals surface area (Å²) in [7, 11) is 0. The van der Waals surface area contributed by atoms with Crippen molar-refractivity contribution in [2.24, 2.45) is 0 Å². The van der Waals surface area contributed by atoms with Gasteiger partial charge in [-0.25, -0.2) is 0 Å². The molecule has 1 aliphatic rings. The van der Waals surface area contributed by atoms with Crippen molar-refractivity contribution < 1.29 is 4.74 Å². The van der Waals surface area contributed by atoms with Crippen molar-refractivity contribution >= 4 is 23.0 Å². The average molecular weight is 350 g/mol. The molecule has 2 rings (SSSR count). The number of ether oxygens (including phenoxy) is 1. The van der Waals surface area contributed by atoms with E-state index in [1.807, 2.05) is 31.2 Å². The predicted molar refractivity (Wildman–Crippen MR) is 106 cm³/mol. The predicted octanol–water partition coefficient (Wildman–Crippen LogP) is 4.03. The lowest BCUT2D eigenvalue weighted by atomic mass is 10.00. The van der Waals surface area contributed by atoms with Crippen LogP contribution in [0.25, 0.3) is 0 Å². The first-order chi connectivity index (χ1) is 11.7. The topological polar surface area (TPSA) is 36.5 Å².